The van der Waals surface area contributed by atoms with Gasteiger partial charge in [-0.3, -0.25) is 25.2 Å². The number of carbonyl (C=O) groups excluding carboxylic acids is 3. The fourth-order valence-corrected chi connectivity index (χ4v) is 2.02. The van der Waals surface area contributed by atoms with Crippen LogP contribution in [-0.4, -0.2) is 37.1 Å². The molecule has 0 radical (unpaired) electrons. The predicted octanol–water partition coefficient (Wildman–Crippen LogP) is 0.953. The van der Waals surface area contributed by atoms with Gasteiger partial charge in [-0.05, 0) is 24.5 Å². The first kappa shape index (κ1) is 18.6. The van der Waals surface area contributed by atoms with Crippen LogP contribution in [0.2, 0.25) is 0 Å². The molecule has 0 aliphatic carbocycles. The van der Waals surface area contributed by atoms with Crippen molar-refractivity contribution in [1.29, 1.82) is 0 Å². The predicted molar refractivity (Wildman–Crippen MR) is 87.7 cm³/mol. The molecule has 1 aromatic rings. The molecular formula is C17H22N2O6. The van der Waals surface area contributed by atoms with Gasteiger partial charge in [0, 0.05) is 6.42 Å². The zero-order valence-electron chi connectivity index (χ0n) is 14.2. The van der Waals surface area contributed by atoms with Crippen molar-refractivity contribution < 1.29 is 28.6 Å². The van der Waals surface area contributed by atoms with Gasteiger partial charge in [0.2, 0.25) is 6.10 Å². The summed E-state index contributed by atoms with van der Waals surface area (Å²) in [6.07, 6.45) is 0.0607. The number of ether oxygens (including phenoxy) is 3. The zero-order chi connectivity index (χ0) is 18.2. The van der Waals surface area contributed by atoms with Crippen molar-refractivity contribution in [3.63, 3.8) is 0 Å². The van der Waals surface area contributed by atoms with E-state index in [1.165, 1.54) is 0 Å². The molecule has 1 atom stereocenters. The Bertz CT molecular complexity index is 631. The molecular weight excluding hydrogens is 328 g/mol. The fraction of sp³-hybridized carbons (Fsp3) is 0.471. The summed E-state index contributed by atoms with van der Waals surface area (Å²) >= 11 is 0. The summed E-state index contributed by atoms with van der Waals surface area (Å²) in [6, 6.07) is 6.98. The average Bonchev–Trinajstić information content (AvgIpc) is 2.62. The Labute approximate surface area is 145 Å². The Morgan fingerprint density at radius 1 is 1.20 bits per heavy atom. The highest BCUT2D eigenvalue weighted by Crippen LogP contribution is 2.30. The van der Waals surface area contributed by atoms with E-state index in [0.29, 0.717) is 23.8 Å². The summed E-state index contributed by atoms with van der Waals surface area (Å²) in [5.74, 6) is -0.250. The van der Waals surface area contributed by atoms with Crippen molar-refractivity contribution in [3.05, 3.63) is 24.3 Å². The van der Waals surface area contributed by atoms with Crippen LogP contribution in [0.5, 0.6) is 11.5 Å². The lowest BCUT2D eigenvalue weighted by molar-refractivity contribution is -0.149. The van der Waals surface area contributed by atoms with Crippen molar-refractivity contribution in [2.45, 2.75) is 32.8 Å². The maximum atomic E-state index is 12.0. The highest BCUT2D eigenvalue weighted by molar-refractivity contribution is 5.86. The number of rotatable bonds is 6. The van der Waals surface area contributed by atoms with Crippen LogP contribution >= 0.6 is 0 Å². The summed E-state index contributed by atoms with van der Waals surface area (Å²) in [7, 11) is 0. The fourth-order valence-electron chi connectivity index (χ4n) is 2.02. The second-order valence-corrected chi connectivity index (χ2v) is 5.99. The van der Waals surface area contributed by atoms with E-state index in [2.05, 4.69) is 10.9 Å². The van der Waals surface area contributed by atoms with Gasteiger partial charge in [0.1, 0.15) is 6.61 Å². The molecule has 136 valence electrons. The first-order valence-corrected chi connectivity index (χ1v) is 8.08. The van der Waals surface area contributed by atoms with Crippen LogP contribution in [0.25, 0.3) is 0 Å². The van der Waals surface area contributed by atoms with Crippen LogP contribution in [0.1, 0.15) is 26.7 Å². The Balaban J connectivity index is 1.68. The van der Waals surface area contributed by atoms with Gasteiger partial charge in [0.15, 0.2) is 18.1 Å². The van der Waals surface area contributed by atoms with Crippen molar-refractivity contribution >= 4 is 17.8 Å². The van der Waals surface area contributed by atoms with Crippen molar-refractivity contribution in [2.24, 2.45) is 5.92 Å². The largest absolute Gasteiger partial charge is 0.485 e. The van der Waals surface area contributed by atoms with Crippen LogP contribution in [-0.2, 0) is 19.1 Å². The SMILES string of the molecule is CC(C)CCC(=O)OCC(=O)NNC(=O)C1COc2ccccc2O1. The molecule has 0 saturated carbocycles. The van der Waals surface area contributed by atoms with E-state index in [1.54, 1.807) is 24.3 Å². The standard InChI is InChI=1S/C17H22N2O6/c1-11(2)7-8-16(21)24-10-15(20)18-19-17(22)14-9-23-12-5-3-4-6-13(12)25-14/h3-6,11,14H,7-10H2,1-2H3,(H,18,20)(H,19,22). The van der Waals surface area contributed by atoms with E-state index in [0.717, 1.165) is 0 Å². The number of amides is 2. The van der Waals surface area contributed by atoms with E-state index >= 15 is 0 Å². The van der Waals surface area contributed by atoms with Gasteiger partial charge in [-0.15, -0.1) is 0 Å². The maximum Gasteiger partial charge on any atom is 0.306 e. The van der Waals surface area contributed by atoms with Crippen LogP contribution in [0.3, 0.4) is 0 Å². The molecule has 0 spiro atoms. The lowest BCUT2D eigenvalue weighted by atomic mass is 10.1. The summed E-state index contributed by atoms with van der Waals surface area (Å²) in [6.45, 7) is 3.56. The van der Waals surface area contributed by atoms with Crippen molar-refractivity contribution in [3.8, 4) is 11.5 Å². The lowest BCUT2D eigenvalue weighted by Crippen LogP contribution is -2.51. The monoisotopic (exact) mass is 350 g/mol. The topological polar surface area (TPSA) is 103 Å². The average molecular weight is 350 g/mol. The maximum absolute atomic E-state index is 12.0. The Kier molecular flexibility index (Phi) is 6.62. The van der Waals surface area contributed by atoms with Crippen LogP contribution in [0, 0.1) is 5.92 Å². The number of esters is 1. The van der Waals surface area contributed by atoms with Gasteiger partial charge in [-0.1, -0.05) is 26.0 Å². The Morgan fingerprint density at radius 3 is 2.64 bits per heavy atom. The molecule has 8 nitrogen and oxygen atoms in total. The van der Waals surface area contributed by atoms with Crippen molar-refractivity contribution in [2.75, 3.05) is 13.2 Å². The Morgan fingerprint density at radius 2 is 1.92 bits per heavy atom. The minimum atomic E-state index is -0.885. The number of fused-ring (bicyclic) bond motifs is 1. The number of hydrogen-bond acceptors (Lipinski definition) is 6. The number of nitrogens with one attached hydrogen (secondary N) is 2. The molecule has 25 heavy (non-hydrogen) atoms. The van der Waals surface area contributed by atoms with Gasteiger partial charge in [0.05, 0.1) is 0 Å². The number of carbonyl (C=O) groups is 3. The third kappa shape index (κ3) is 5.98. The van der Waals surface area contributed by atoms with E-state index in [9.17, 15) is 14.4 Å². The molecule has 8 heteroatoms. The van der Waals surface area contributed by atoms with Gasteiger partial charge < -0.3 is 14.2 Å². The molecule has 1 aliphatic heterocycles. The second kappa shape index (κ2) is 8.91. The van der Waals surface area contributed by atoms with Crippen LogP contribution in [0.4, 0.5) is 0 Å². The summed E-state index contributed by atoms with van der Waals surface area (Å²) < 4.78 is 15.7. The molecule has 1 heterocycles. The van der Waals surface area contributed by atoms with E-state index in [4.69, 9.17) is 14.2 Å². The van der Waals surface area contributed by atoms with Crippen molar-refractivity contribution in [1.82, 2.24) is 10.9 Å². The molecule has 2 amide bonds. The number of hydrazine groups is 1. The molecule has 1 aliphatic rings. The first-order valence-electron chi connectivity index (χ1n) is 8.08. The normalized spacial score (nSPS) is 15.4. The van der Waals surface area contributed by atoms with Gasteiger partial charge >= 0.3 is 5.97 Å². The minimum Gasteiger partial charge on any atom is -0.485 e. The molecule has 1 aromatic carbocycles. The molecule has 0 saturated heterocycles. The van der Waals surface area contributed by atoms with Gasteiger partial charge in [0.25, 0.3) is 11.8 Å². The molecule has 1 unspecified atom stereocenters. The van der Waals surface area contributed by atoms with Crippen LogP contribution < -0.4 is 20.3 Å². The molecule has 2 N–H and O–H groups in total. The third-order valence-corrected chi connectivity index (χ3v) is 3.42. The lowest BCUT2D eigenvalue weighted by Gasteiger charge is -2.25. The second-order valence-electron chi connectivity index (χ2n) is 5.99. The highest BCUT2D eigenvalue weighted by Gasteiger charge is 2.27. The minimum absolute atomic E-state index is 0.0307. The third-order valence-electron chi connectivity index (χ3n) is 3.42. The Hall–Kier alpha value is -2.77. The number of hydrogen-bond donors (Lipinski definition) is 2. The number of para-hydroxylation sites is 2. The molecule has 0 fully saturated rings. The molecule has 2 rings (SSSR count). The molecule has 0 bridgehead atoms. The van der Waals surface area contributed by atoms with E-state index in [-0.39, 0.29) is 13.0 Å². The summed E-state index contributed by atoms with van der Waals surface area (Å²) in [5.41, 5.74) is 4.39. The highest BCUT2D eigenvalue weighted by atomic mass is 16.6. The summed E-state index contributed by atoms with van der Waals surface area (Å²) in [5, 5.41) is 0. The molecule has 0 aromatic heterocycles. The van der Waals surface area contributed by atoms with Gasteiger partial charge in [-0.25, -0.2) is 0 Å². The number of benzene rings is 1. The van der Waals surface area contributed by atoms with Crippen LogP contribution in [0.15, 0.2) is 24.3 Å². The van der Waals surface area contributed by atoms with Gasteiger partial charge in [-0.2, -0.15) is 0 Å². The zero-order valence-corrected chi connectivity index (χ0v) is 14.2. The van der Waals surface area contributed by atoms with E-state index in [1.807, 2.05) is 13.8 Å². The smallest absolute Gasteiger partial charge is 0.306 e. The summed E-state index contributed by atoms with van der Waals surface area (Å²) in [4.78, 5) is 35.0. The first-order chi connectivity index (χ1) is 12.0. The van der Waals surface area contributed by atoms with E-state index < -0.39 is 30.5 Å². The quantitative estimate of drug-likeness (QED) is 0.585.